The summed E-state index contributed by atoms with van der Waals surface area (Å²) in [5.74, 6) is 5.67. The van der Waals surface area contributed by atoms with Gasteiger partial charge in [-0.25, -0.2) is 9.48 Å². The van der Waals surface area contributed by atoms with Crippen LogP contribution in [0.1, 0.15) is 34.1 Å². The molecule has 1 amide bonds. The van der Waals surface area contributed by atoms with E-state index in [1.807, 2.05) is 0 Å². The molecule has 0 aliphatic carbocycles. The van der Waals surface area contributed by atoms with Crippen LogP contribution in [0.25, 0.3) is 0 Å². The van der Waals surface area contributed by atoms with Gasteiger partial charge in [0.2, 0.25) is 0 Å². The van der Waals surface area contributed by atoms with Gasteiger partial charge in [0, 0.05) is 25.6 Å². The molecule has 1 aromatic heterocycles. The highest BCUT2D eigenvalue weighted by atomic mass is 16.6. The van der Waals surface area contributed by atoms with E-state index in [4.69, 9.17) is 4.74 Å². The standard InChI is InChI=1S/C16H24N4O3/c1-5-6-7-10-20-14(21)11-13(12-19-20)17-8-9-18-15(22)23-16(2,3)4/h11-12,17H,7-10H2,1-4H3,(H,18,22). The van der Waals surface area contributed by atoms with Gasteiger partial charge in [0.15, 0.2) is 0 Å². The number of hydrogen-bond donors (Lipinski definition) is 2. The van der Waals surface area contributed by atoms with Crippen molar-refractivity contribution in [3.8, 4) is 11.8 Å². The van der Waals surface area contributed by atoms with Crippen LogP contribution in [0.2, 0.25) is 0 Å². The third kappa shape index (κ3) is 7.90. The molecule has 0 fully saturated rings. The molecule has 0 aliphatic rings. The number of carbonyl (C=O) groups excluding carboxylic acids is 1. The summed E-state index contributed by atoms with van der Waals surface area (Å²) in [6.45, 7) is 8.48. The van der Waals surface area contributed by atoms with Crippen molar-refractivity contribution in [2.24, 2.45) is 0 Å². The molecule has 0 saturated carbocycles. The summed E-state index contributed by atoms with van der Waals surface area (Å²) in [7, 11) is 0. The minimum Gasteiger partial charge on any atom is -0.444 e. The van der Waals surface area contributed by atoms with Crippen LogP contribution in [-0.2, 0) is 11.3 Å². The molecule has 126 valence electrons. The minimum absolute atomic E-state index is 0.187. The van der Waals surface area contributed by atoms with Gasteiger partial charge >= 0.3 is 6.09 Å². The molecule has 0 bridgehead atoms. The average molecular weight is 320 g/mol. The summed E-state index contributed by atoms with van der Waals surface area (Å²) >= 11 is 0. The van der Waals surface area contributed by atoms with Gasteiger partial charge < -0.3 is 15.4 Å². The lowest BCUT2D eigenvalue weighted by atomic mass is 10.2. The number of rotatable bonds is 6. The fourth-order valence-electron chi connectivity index (χ4n) is 1.67. The highest BCUT2D eigenvalue weighted by Crippen LogP contribution is 2.06. The highest BCUT2D eigenvalue weighted by molar-refractivity contribution is 5.67. The van der Waals surface area contributed by atoms with Crippen molar-refractivity contribution in [3.05, 3.63) is 22.6 Å². The van der Waals surface area contributed by atoms with E-state index in [1.54, 1.807) is 33.9 Å². The predicted molar refractivity (Wildman–Crippen MR) is 89.3 cm³/mol. The predicted octanol–water partition coefficient (Wildman–Crippen LogP) is 1.59. The van der Waals surface area contributed by atoms with Crippen molar-refractivity contribution >= 4 is 11.8 Å². The largest absolute Gasteiger partial charge is 0.444 e. The lowest BCUT2D eigenvalue weighted by Gasteiger charge is -2.19. The summed E-state index contributed by atoms with van der Waals surface area (Å²) in [5, 5.41) is 9.73. The van der Waals surface area contributed by atoms with Crippen molar-refractivity contribution in [1.82, 2.24) is 15.1 Å². The van der Waals surface area contributed by atoms with Gasteiger partial charge in [-0.15, -0.1) is 11.8 Å². The number of aromatic nitrogens is 2. The zero-order valence-corrected chi connectivity index (χ0v) is 14.1. The van der Waals surface area contributed by atoms with Crippen molar-refractivity contribution in [3.63, 3.8) is 0 Å². The molecule has 1 rings (SSSR count). The first-order valence-corrected chi connectivity index (χ1v) is 7.49. The van der Waals surface area contributed by atoms with E-state index in [2.05, 4.69) is 27.6 Å². The van der Waals surface area contributed by atoms with Gasteiger partial charge in [-0.3, -0.25) is 4.79 Å². The Kier molecular flexibility index (Phi) is 7.13. The van der Waals surface area contributed by atoms with Gasteiger partial charge in [-0.05, 0) is 27.7 Å². The molecule has 0 spiro atoms. The molecule has 0 aromatic carbocycles. The molecule has 0 unspecified atom stereocenters. The fraction of sp³-hybridized carbons (Fsp3) is 0.562. The van der Waals surface area contributed by atoms with Crippen molar-refractivity contribution in [2.75, 3.05) is 18.4 Å². The summed E-state index contributed by atoms with van der Waals surface area (Å²) < 4.78 is 6.49. The van der Waals surface area contributed by atoms with Crippen LogP contribution in [0, 0.1) is 11.8 Å². The third-order valence-corrected chi connectivity index (χ3v) is 2.62. The number of anilines is 1. The first-order valence-electron chi connectivity index (χ1n) is 7.49. The minimum atomic E-state index is -0.520. The molecular weight excluding hydrogens is 296 g/mol. The molecule has 0 radical (unpaired) electrons. The van der Waals surface area contributed by atoms with E-state index in [1.165, 1.54) is 10.7 Å². The number of hydrogen-bond acceptors (Lipinski definition) is 5. The van der Waals surface area contributed by atoms with Crippen molar-refractivity contribution < 1.29 is 9.53 Å². The molecule has 23 heavy (non-hydrogen) atoms. The fourth-order valence-corrected chi connectivity index (χ4v) is 1.67. The van der Waals surface area contributed by atoms with E-state index in [-0.39, 0.29) is 5.56 Å². The summed E-state index contributed by atoms with van der Waals surface area (Å²) in [6.07, 6.45) is 1.70. The van der Waals surface area contributed by atoms with Gasteiger partial charge in [-0.1, -0.05) is 0 Å². The molecular formula is C16H24N4O3. The highest BCUT2D eigenvalue weighted by Gasteiger charge is 2.15. The Balaban J connectivity index is 2.38. The maximum Gasteiger partial charge on any atom is 0.407 e. The molecule has 7 nitrogen and oxygen atoms in total. The summed E-state index contributed by atoms with van der Waals surface area (Å²) in [6, 6.07) is 1.47. The molecule has 1 aromatic rings. The topological polar surface area (TPSA) is 85.2 Å². The van der Waals surface area contributed by atoms with E-state index in [0.29, 0.717) is 31.7 Å². The van der Waals surface area contributed by atoms with Crippen LogP contribution in [0.5, 0.6) is 0 Å². The Bertz CT molecular complexity index is 635. The number of alkyl carbamates (subject to hydrolysis) is 1. The van der Waals surface area contributed by atoms with Crippen molar-refractivity contribution in [2.45, 2.75) is 46.3 Å². The maximum atomic E-state index is 11.9. The van der Waals surface area contributed by atoms with E-state index in [0.717, 1.165) is 0 Å². The zero-order chi connectivity index (χ0) is 17.3. The van der Waals surface area contributed by atoms with Crippen LogP contribution >= 0.6 is 0 Å². The molecule has 7 heteroatoms. The molecule has 1 heterocycles. The Labute approximate surface area is 136 Å². The first-order chi connectivity index (χ1) is 10.8. The number of ether oxygens (including phenoxy) is 1. The van der Waals surface area contributed by atoms with Crippen LogP contribution in [0.4, 0.5) is 10.5 Å². The average Bonchev–Trinajstić information content (AvgIpc) is 2.44. The number of nitrogens with one attached hydrogen (secondary N) is 2. The Morgan fingerprint density at radius 1 is 1.39 bits per heavy atom. The smallest absolute Gasteiger partial charge is 0.407 e. The summed E-state index contributed by atoms with van der Waals surface area (Å²) in [4.78, 5) is 23.3. The third-order valence-electron chi connectivity index (χ3n) is 2.62. The second-order valence-corrected chi connectivity index (χ2v) is 5.84. The number of carbonyl (C=O) groups is 1. The Morgan fingerprint density at radius 2 is 2.13 bits per heavy atom. The number of amides is 1. The summed E-state index contributed by atoms with van der Waals surface area (Å²) in [5.41, 5.74) is -0.0968. The quantitative estimate of drug-likeness (QED) is 0.614. The Morgan fingerprint density at radius 3 is 2.74 bits per heavy atom. The first kappa shape index (κ1) is 18.6. The normalized spacial score (nSPS) is 10.4. The van der Waals surface area contributed by atoms with E-state index < -0.39 is 11.7 Å². The molecule has 0 aliphatic heterocycles. The second-order valence-electron chi connectivity index (χ2n) is 5.84. The molecule has 0 atom stereocenters. The SMILES string of the molecule is CC#CCCn1ncc(NCCNC(=O)OC(C)(C)C)cc1=O. The number of nitrogens with zero attached hydrogens (tertiary/aromatic N) is 2. The van der Waals surface area contributed by atoms with E-state index >= 15 is 0 Å². The zero-order valence-electron chi connectivity index (χ0n) is 14.1. The van der Waals surface area contributed by atoms with Gasteiger partial charge in [0.05, 0.1) is 18.4 Å². The second kappa shape index (κ2) is 8.83. The van der Waals surface area contributed by atoms with Crippen LogP contribution < -0.4 is 16.2 Å². The van der Waals surface area contributed by atoms with Crippen LogP contribution in [0.3, 0.4) is 0 Å². The lowest BCUT2D eigenvalue weighted by Crippen LogP contribution is -2.35. The van der Waals surface area contributed by atoms with Gasteiger partial charge in [0.1, 0.15) is 5.60 Å². The number of aryl methyl sites for hydroxylation is 1. The van der Waals surface area contributed by atoms with Gasteiger partial charge in [-0.2, -0.15) is 5.10 Å². The molecule has 0 saturated heterocycles. The lowest BCUT2D eigenvalue weighted by molar-refractivity contribution is 0.0530. The maximum absolute atomic E-state index is 11.9. The van der Waals surface area contributed by atoms with E-state index in [9.17, 15) is 9.59 Å². The van der Waals surface area contributed by atoms with Crippen molar-refractivity contribution in [1.29, 1.82) is 0 Å². The van der Waals surface area contributed by atoms with Crippen LogP contribution in [-0.4, -0.2) is 34.6 Å². The monoisotopic (exact) mass is 320 g/mol. The Hall–Kier alpha value is -2.49. The van der Waals surface area contributed by atoms with Crippen LogP contribution in [0.15, 0.2) is 17.1 Å². The van der Waals surface area contributed by atoms with Gasteiger partial charge in [0.25, 0.3) is 5.56 Å². The molecule has 2 N–H and O–H groups in total.